The summed E-state index contributed by atoms with van der Waals surface area (Å²) in [5, 5.41) is 0.627. The second-order valence-electron chi connectivity index (χ2n) is 1.70. The fourth-order valence-corrected chi connectivity index (χ4v) is 1.32. The predicted molar refractivity (Wildman–Crippen MR) is 37.1 cm³/mol. The first kappa shape index (κ1) is 5.98. The Morgan fingerprint density at radius 1 is 1.75 bits per heavy atom. The van der Waals surface area contributed by atoms with Crippen LogP contribution in [0, 0.1) is 0 Å². The van der Waals surface area contributed by atoms with Crippen LogP contribution in [0.25, 0.3) is 0 Å². The fourth-order valence-electron chi connectivity index (χ4n) is 0.576. The molecule has 1 aliphatic rings. The highest BCUT2D eigenvalue weighted by Crippen LogP contribution is 2.21. The van der Waals surface area contributed by atoms with Gasteiger partial charge in [-0.1, -0.05) is 6.08 Å². The average molecular weight is 130 g/mol. The molecule has 0 aromatic rings. The van der Waals surface area contributed by atoms with Crippen molar-refractivity contribution in [3.63, 3.8) is 0 Å². The van der Waals surface area contributed by atoms with Gasteiger partial charge in [-0.2, -0.15) is 0 Å². The van der Waals surface area contributed by atoms with E-state index in [2.05, 4.69) is 18.4 Å². The van der Waals surface area contributed by atoms with E-state index < -0.39 is 0 Å². The molecule has 0 saturated heterocycles. The molecule has 1 rings (SSSR count). The van der Waals surface area contributed by atoms with Crippen LogP contribution in [0.5, 0.6) is 0 Å². The molecular weight excluding hydrogens is 120 g/mol. The fraction of sp³-hybridized carbons (Fsp3) is 0.600. The van der Waals surface area contributed by atoms with Gasteiger partial charge in [0.15, 0.2) is 0 Å². The smallest absolute Gasteiger partial charge is 0.0431 e. The van der Waals surface area contributed by atoms with Gasteiger partial charge >= 0.3 is 0 Å². The molecule has 1 heterocycles. The molecule has 0 radical (unpaired) electrons. The Labute approximate surface area is 54.0 Å². The van der Waals surface area contributed by atoms with Crippen LogP contribution in [-0.4, -0.2) is 16.7 Å². The summed E-state index contributed by atoms with van der Waals surface area (Å²) in [5.41, 5.74) is 3.00. The molecule has 1 atom stereocenters. The summed E-state index contributed by atoms with van der Waals surface area (Å²) in [5.74, 6) is 0. The molecule has 0 amide bonds. The maximum Gasteiger partial charge on any atom is 0.0431 e. The highest BCUT2D eigenvalue weighted by molar-refractivity contribution is 7.98. The van der Waals surface area contributed by atoms with Gasteiger partial charge in [0.2, 0.25) is 0 Å². The highest BCUT2D eigenvalue weighted by Gasteiger charge is 2.08. The maximum absolute atomic E-state index is 3.00. The van der Waals surface area contributed by atoms with Gasteiger partial charge in [-0.15, -0.1) is 0 Å². The minimum Gasteiger partial charge on any atom is -0.258 e. The second kappa shape index (κ2) is 2.42. The van der Waals surface area contributed by atoms with Crippen molar-refractivity contribution < 1.29 is 0 Å². The lowest BCUT2D eigenvalue weighted by molar-refractivity contribution is 0.516. The molecule has 0 aromatic heterocycles. The van der Waals surface area contributed by atoms with E-state index in [4.69, 9.17) is 0 Å². The van der Waals surface area contributed by atoms with Crippen molar-refractivity contribution in [2.24, 2.45) is 0 Å². The summed E-state index contributed by atoms with van der Waals surface area (Å²) < 4.78 is 1.99. The molecule has 0 bridgehead atoms. The summed E-state index contributed by atoms with van der Waals surface area (Å²) in [6.45, 7) is 2.17. The van der Waals surface area contributed by atoms with Crippen LogP contribution in [0.3, 0.4) is 0 Å². The molecular formula is C5H10N2S. The third kappa shape index (κ3) is 1.17. The number of rotatable bonds is 1. The van der Waals surface area contributed by atoms with Gasteiger partial charge in [0, 0.05) is 18.5 Å². The van der Waals surface area contributed by atoms with Crippen LogP contribution in [0.4, 0.5) is 0 Å². The van der Waals surface area contributed by atoms with Gasteiger partial charge in [0.25, 0.3) is 0 Å². The minimum atomic E-state index is 0.627. The molecule has 0 aliphatic carbocycles. The van der Waals surface area contributed by atoms with E-state index >= 15 is 0 Å². The molecule has 3 heteroatoms. The van der Waals surface area contributed by atoms with Crippen molar-refractivity contribution in [2.45, 2.75) is 12.2 Å². The van der Waals surface area contributed by atoms with Crippen LogP contribution < -0.4 is 5.43 Å². The van der Waals surface area contributed by atoms with Crippen molar-refractivity contribution in [1.82, 2.24) is 9.84 Å². The molecule has 0 spiro atoms. The average Bonchev–Trinajstić information content (AvgIpc) is 2.14. The number of nitrogens with one attached hydrogen (secondary N) is 1. The number of hydrogen-bond acceptors (Lipinski definition) is 3. The first-order valence-electron chi connectivity index (χ1n) is 2.64. The molecule has 0 saturated carbocycles. The lowest BCUT2D eigenvalue weighted by Crippen LogP contribution is -2.20. The van der Waals surface area contributed by atoms with E-state index in [1.807, 2.05) is 17.7 Å². The summed E-state index contributed by atoms with van der Waals surface area (Å²) in [6, 6.07) is 0. The topological polar surface area (TPSA) is 15.3 Å². The zero-order chi connectivity index (χ0) is 5.98. The Bertz CT molecular complexity index is 103. The minimum absolute atomic E-state index is 0.627. The molecule has 46 valence electrons. The number of nitrogens with zero attached hydrogens (tertiary/aromatic N) is 1. The lowest BCUT2D eigenvalue weighted by Gasteiger charge is -2.11. The van der Waals surface area contributed by atoms with Crippen LogP contribution in [0.2, 0.25) is 0 Å². The largest absolute Gasteiger partial charge is 0.258 e. The van der Waals surface area contributed by atoms with Crippen LogP contribution in [0.1, 0.15) is 6.92 Å². The van der Waals surface area contributed by atoms with Gasteiger partial charge < -0.3 is 0 Å². The standard InChI is InChI=1S/C5H10N2S/c1-5-3-4-7(6-2)8-5/h3-6H,1-2H3. The normalized spacial score (nSPS) is 27.2. The van der Waals surface area contributed by atoms with E-state index in [9.17, 15) is 0 Å². The first-order valence-corrected chi connectivity index (χ1v) is 3.48. The summed E-state index contributed by atoms with van der Waals surface area (Å²) in [4.78, 5) is 0. The maximum atomic E-state index is 3.00. The van der Waals surface area contributed by atoms with Gasteiger partial charge in [-0.05, 0) is 18.9 Å². The predicted octanol–water partition coefficient (Wildman–Crippen LogP) is 0.987. The summed E-state index contributed by atoms with van der Waals surface area (Å²) >= 11 is 1.78. The zero-order valence-corrected chi connectivity index (χ0v) is 5.90. The van der Waals surface area contributed by atoms with Crippen molar-refractivity contribution in [3.05, 3.63) is 12.3 Å². The molecule has 2 nitrogen and oxygen atoms in total. The molecule has 8 heavy (non-hydrogen) atoms. The lowest BCUT2D eigenvalue weighted by atomic mass is 10.5. The van der Waals surface area contributed by atoms with Crippen LogP contribution in [-0.2, 0) is 0 Å². The Morgan fingerprint density at radius 3 is 2.75 bits per heavy atom. The van der Waals surface area contributed by atoms with E-state index in [0.29, 0.717) is 5.25 Å². The molecule has 1 aliphatic heterocycles. The van der Waals surface area contributed by atoms with Gasteiger partial charge in [0.1, 0.15) is 0 Å². The SMILES string of the molecule is CNN1C=CC(C)S1. The van der Waals surface area contributed by atoms with Gasteiger partial charge in [0.05, 0.1) is 0 Å². The summed E-state index contributed by atoms with van der Waals surface area (Å²) in [7, 11) is 1.91. The summed E-state index contributed by atoms with van der Waals surface area (Å²) in [6.07, 6.45) is 4.19. The molecule has 0 aromatic carbocycles. The third-order valence-electron chi connectivity index (χ3n) is 0.993. The third-order valence-corrected chi connectivity index (χ3v) is 2.01. The quantitative estimate of drug-likeness (QED) is 0.533. The number of hydrogen-bond donors (Lipinski definition) is 1. The first-order chi connectivity index (χ1) is 3.83. The number of hydrazine groups is 1. The Hall–Kier alpha value is -0.150. The van der Waals surface area contributed by atoms with E-state index in [1.54, 1.807) is 11.9 Å². The van der Waals surface area contributed by atoms with Gasteiger partial charge in [-0.25, -0.2) is 5.43 Å². The molecule has 1 N–H and O–H groups in total. The Balaban J connectivity index is 2.34. The van der Waals surface area contributed by atoms with E-state index in [-0.39, 0.29) is 0 Å². The van der Waals surface area contributed by atoms with Crippen LogP contribution >= 0.6 is 11.9 Å². The molecule has 0 fully saturated rings. The van der Waals surface area contributed by atoms with E-state index in [1.165, 1.54) is 0 Å². The van der Waals surface area contributed by atoms with Crippen molar-refractivity contribution >= 4 is 11.9 Å². The second-order valence-corrected chi connectivity index (χ2v) is 3.05. The van der Waals surface area contributed by atoms with E-state index in [0.717, 1.165) is 0 Å². The Kier molecular flexibility index (Phi) is 1.81. The van der Waals surface area contributed by atoms with Gasteiger partial charge in [-0.3, -0.25) is 4.41 Å². The Morgan fingerprint density at radius 2 is 2.50 bits per heavy atom. The van der Waals surface area contributed by atoms with Crippen molar-refractivity contribution in [2.75, 3.05) is 7.05 Å². The monoisotopic (exact) mass is 130 g/mol. The zero-order valence-electron chi connectivity index (χ0n) is 5.09. The van der Waals surface area contributed by atoms with Crippen LogP contribution in [0.15, 0.2) is 12.3 Å². The van der Waals surface area contributed by atoms with Crippen molar-refractivity contribution in [3.8, 4) is 0 Å². The molecule has 1 unspecified atom stereocenters. The van der Waals surface area contributed by atoms with Crippen molar-refractivity contribution in [1.29, 1.82) is 0 Å². The highest BCUT2D eigenvalue weighted by atomic mass is 32.2.